The molecule has 1 atom stereocenters. The molecule has 1 heterocycles. The SMILES string of the molecule is CC(=O)NCCCCCCCCCCCCCCC/C=C1\CC(CO)(COC(=O)C(C)(C)C)OC1=O. The van der Waals surface area contributed by atoms with E-state index in [2.05, 4.69) is 5.32 Å². The largest absolute Gasteiger partial charge is 0.461 e. The number of nitrogens with one attached hydrogen (secondary N) is 1. The maximum absolute atomic E-state index is 12.2. The lowest BCUT2D eigenvalue weighted by molar-refractivity contribution is -0.171. The molecule has 0 spiro atoms. The summed E-state index contributed by atoms with van der Waals surface area (Å²) in [5, 5.41) is 12.6. The van der Waals surface area contributed by atoms with E-state index >= 15 is 0 Å². The Morgan fingerprint density at radius 1 is 0.944 bits per heavy atom. The Bertz CT molecular complexity index is 696. The molecule has 1 fully saturated rings. The lowest BCUT2D eigenvalue weighted by Crippen LogP contribution is -2.40. The maximum atomic E-state index is 12.2. The van der Waals surface area contributed by atoms with Gasteiger partial charge in [0.2, 0.25) is 5.91 Å². The van der Waals surface area contributed by atoms with Gasteiger partial charge in [-0.15, -0.1) is 0 Å². The van der Waals surface area contributed by atoms with Gasteiger partial charge in [0.15, 0.2) is 5.60 Å². The smallest absolute Gasteiger partial charge is 0.334 e. The summed E-state index contributed by atoms with van der Waals surface area (Å²) in [5.74, 6) is -0.733. The first-order valence-electron chi connectivity index (χ1n) is 14.0. The second kappa shape index (κ2) is 17.5. The Morgan fingerprint density at radius 3 is 1.92 bits per heavy atom. The van der Waals surface area contributed by atoms with Crippen LogP contribution in [0.2, 0.25) is 0 Å². The first-order chi connectivity index (χ1) is 17.1. The first kappa shape index (κ1) is 32.1. The molecule has 7 nitrogen and oxygen atoms in total. The molecule has 0 saturated carbocycles. The summed E-state index contributed by atoms with van der Waals surface area (Å²) >= 11 is 0. The molecule has 0 aromatic rings. The van der Waals surface area contributed by atoms with Crippen LogP contribution in [0.1, 0.15) is 124 Å². The molecule has 1 saturated heterocycles. The summed E-state index contributed by atoms with van der Waals surface area (Å²) in [4.78, 5) is 35.1. The number of hydrogen-bond acceptors (Lipinski definition) is 6. The predicted octanol–water partition coefficient (Wildman–Crippen LogP) is 5.78. The normalized spacial score (nSPS) is 18.9. The fraction of sp³-hybridized carbons (Fsp3) is 0.828. The quantitative estimate of drug-likeness (QED) is 0.130. The van der Waals surface area contributed by atoms with Crippen LogP contribution in [0, 0.1) is 5.41 Å². The molecule has 0 aliphatic carbocycles. The van der Waals surface area contributed by atoms with Gasteiger partial charge in [-0.2, -0.15) is 0 Å². The highest BCUT2D eigenvalue weighted by Gasteiger charge is 2.45. The highest BCUT2D eigenvalue weighted by atomic mass is 16.6. The van der Waals surface area contributed by atoms with Crippen molar-refractivity contribution in [3.8, 4) is 0 Å². The molecule has 36 heavy (non-hydrogen) atoms. The molecule has 1 aliphatic rings. The second-order valence-corrected chi connectivity index (χ2v) is 11.3. The minimum atomic E-state index is -1.16. The van der Waals surface area contributed by atoms with Crippen LogP contribution in [0.3, 0.4) is 0 Å². The van der Waals surface area contributed by atoms with Crippen LogP contribution >= 0.6 is 0 Å². The number of unbranched alkanes of at least 4 members (excludes halogenated alkanes) is 13. The van der Waals surface area contributed by atoms with Crippen LogP contribution in [-0.4, -0.2) is 48.3 Å². The highest BCUT2D eigenvalue weighted by molar-refractivity contribution is 5.91. The minimum Gasteiger partial charge on any atom is -0.461 e. The number of allylic oxidation sites excluding steroid dienone is 1. The van der Waals surface area contributed by atoms with E-state index in [9.17, 15) is 19.5 Å². The fourth-order valence-electron chi connectivity index (χ4n) is 4.26. The van der Waals surface area contributed by atoms with Gasteiger partial charge in [0.25, 0.3) is 0 Å². The molecule has 1 amide bonds. The van der Waals surface area contributed by atoms with Crippen molar-refractivity contribution in [2.24, 2.45) is 5.41 Å². The summed E-state index contributed by atoms with van der Waals surface area (Å²) in [6.07, 6.45) is 19.1. The monoisotopic (exact) mass is 509 g/mol. The summed E-state index contributed by atoms with van der Waals surface area (Å²) in [6, 6.07) is 0. The van der Waals surface area contributed by atoms with E-state index in [0.717, 1.165) is 32.2 Å². The molecular weight excluding hydrogens is 458 g/mol. The molecule has 0 radical (unpaired) electrons. The number of carbonyl (C=O) groups excluding carboxylic acids is 3. The summed E-state index contributed by atoms with van der Waals surface area (Å²) < 4.78 is 10.7. The average Bonchev–Trinajstić information content (AvgIpc) is 3.14. The molecule has 208 valence electrons. The molecular formula is C29H51NO6. The lowest BCUT2D eigenvalue weighted by Gasteiger charge is -2.26. The highest BCUT2D eigenvalue weighted by Crippen LogP contribution is 2.32. The number of rotatable bonds is 19. The Hall–Kier alpha value is -1.89. The molecule has 0 aromatic carbocycles. The van der Waals surface area contributed by atoms with Crippen molar-refractivity contribution in [3.63, 3.8) is 0 Å². The number of aliphatic hydroxyl groups is 1. The third kappa shape index (κ3) is 14.0. The second-order valence-electron chi connectivity index (χ2n) is 11.3. The third-order valence-electron chi connectivity index (χ3n) is 6.60. The zero-order valence-electron chi connectivity index (χ0n) is 23.3. The molecule has 1 aliphatic heterocycles. The van der Waals surface area contributed by atoms with Crippen LogP contribution in [0.15, 0.2) is 11.6 Å². The van der Waals surface area contributed by atoms with Crippen molar-refractivity contribution < 1.29 is 29.0 Å². The Kier molecular flexibility index (Phi) is 15.7. The Balaban J connectivity index is 2.04. The van der Waals surface area contributed by atoms with E-state index in [0.29, 0.717) is 5.57 Å². The number of esters is 2. The lowest BCUT2D eigenvalue weighted by atomic mass is 9.96. The summed E-state index contributed by atoms with van der Waals surface area (Å²) in [6.45, 7) is 7.16. The van der Waals surface area contributed by atoms with E-state index in [1.807, 2.05) is 6.08 Å². The first-order valence-corrected chi connectivity index (χ1v) is 14.0. The van der Waals surface area contributed by atoms with E-state index in [1.54, 1.807) is 27.7 Å². The van der Waals surface area contributed by atoms with Crippen LogP contribution in [0.5, 0.6) is 0 Å². The number of aliphatic hydroxyl groups excluding tert-OH is 1. The maximum Gasteiger partial charge on any atom is 0.334 e. The van der Waals surface area contributed by atoms with Gasteiger partial charge in [0.1, 0.15) is 6.61 Å². The van der Waals surface area contributed by atoms with Crippen LogP contribution in [-0.2, 0) is 23.9 Å². The van der Waals surface area contributed by atoms with Crippen molar-refractivity contribution in [2.45, 2.75) is 130 Å². The minimum absolute atomic E-state index is 0.0617. The number of cyclic esters (lactones) is 1. The number of carbonyl (C=O) groups is 3. The molecule has 1 unspecified atom stereocenters. The van der Waals surface area contributed by atoms with Crippen molar-refractivity contribution in [1.82, 2.24) is 5.32 Å². The Labute approximate surface area is 218 Å². The van der Waals surface area contributed by atoms with Gasteiger partial charge < -0.3 is 19.9 Å². The standard InChI is InChI=1S/C29H51NO6/c1-24(32)30-20-18-16-14-12-10-8-6-5-7-9-11-13-15-17-19-25-21-29(22-31,36-26(25)33)23-35-27(34)28(2,3)4/h19,31H,5-18,20-23H2,1-4H3,(H,30,32)/b25-19+. The molecule has 0 bridgehead atoms. The predicted molar refractivity (Wildman–Crippen MR) is 142 cm³/mol. The van der Waals surface area contributed by atoms with Gasteiger partial charge in [-0.25, -0.2) is 4.79 Å². The molecule has 7 heteroatoms. The van der Waals surface area contributed by atoms with E-state index in [1.165, 1.54) is 64.2 Å². The molecule has 1 rings (SSSR count). The van der Waals surface area contributed by atoms with Gasteiger partial charge >= 0.3 is 11.9 Å². The van der Waals surface area contributed by atoms with E-state index < -0.39 is 17.0 Å². The van der Waals surface area contributed by atoms with Crippen LogP contribution in [0.25, 0.3) is 0 Å². The number of ether oxygens (including phenoxy) is 2. The summed E-state index contributed by atoms with van der Waals surface area (Å²) in [5.41, 5.74) is -1.23. The molecule has 2 N–H and O–H groups in total. The Morgan fingerprint density at radius 2 is 1.44 bits per heavy atom. The van der Waals surface area contributed by atoms with Crippen LogP contribution < -0.4 is 5.32 Å². The van der Waals surface area contributed by atoms with E-state index in [4.69, 9.17) is 9.47 Å². The van der Waals surface area contributed by atoms with Gasteiger partial charge in [-0.1, -0.05) is 76.7 Å². The fourth-order valence-corrected chi connectivity index (χ4v) is 4.26. The van der Waals surface area contributed by atoms with Crippen molar-refractivity contribution in [2.75, 3.05) is 19.8 Å². The zero-order valence-corrected chi connectivity index (χ0v) is 23.3. The summed E-state index contributed by atoms with van der Waals surface area (Å²) in [7, 11) is 0. The topological polar surface area (TPSA) is 102 Å². The van der Waals surface area contributed by atoms with Gasteiger partial charge in [-0.3, -0.25) is 9.59 Å². The van der Waals surface area contributed by atoms with Gasteiger partial charge in [0.05, 0.1) is 12.0 Å². The van der Waals surface area contributed by atoms with Crippen molar-refractivity contribution in [3.05, 3.63) is 11.6 Å². The molecule has 0 aromatic heterocycles. The van der Waals surface area contributed by atoms with Crippen LogP contribution in [0.4, 0.5) is 0 Å². The number of hydrogen-bond donors (Lipinski definition) is 2. The third-order valence-corrected chi connectivity index (χ3v) is 6.60. The van der Waals surface area contributed by atoms with Crippen molar-refractivity contribution in [1.29, 1.82) is 0 Å². The average molecular weight is 510 g/mol. The van der Waals surface area contributed by atoms with Gasteiger partial charge in [-0.05, 0) is 40.0 Å². The van der Waals surface area contributed by atoms with Gasteiger partial charge in [0, 0.05) is 25.5 Å². The van der Waals surface area contributed by atoms with Crippen molar-refractivity contribution >= 4 is 17.8 Å². The van der Waals surface area contributed by atoms with E-state index in [-0.39, 0.29) is 31.5 Å². The zero-order chi connectivity index (χ0) is 26.9. The number of amides is 1.